The minimum Gasteiger partial charge on any atom is -0.435 e. The maximum atomic E-state index is 12.2. The molecule has 122 valence electrons. The topological polar surface area (TPSA) is 38.3 Å². The average molecular weight is 319 g/mol. The molecule has 23 heavy (non-hydrogen) atoms. The Morgan fingerprint density at radius 3 is 2.35 bits per heavy atom. The maximum absolute atomic E-state index is 12.2. The Kier molecular flexibility index (Phi) is 5.68. The number of para-hydroxylation sites is 1. The van der Waals surface area contributed by atoms with Crippen LogP contribution in [0.25, 0.3) is 0 Å². The smallest absolute Gasteiger partial charge is 0.387 e. The fourth-order valence-corrected chi connectivity index (χ4v) is 2.28. The molecule has 0 bridgehead atoms. The lowest BCUT2D eigenvalue weighted by molar-refractivity contribution is -0.115. The number of amides is 1. The van der Waals surface area contributed by atoms with E-state index in [1.54, 1.807) is 12.1 Å². The summed E-state index contributed by atoms with van der Waals surface area (Å²) in [5, 5.41) is 2.90. The highest BCUT2D eigenvalue weighted by Gasteiger charge is 2.10. The number of hydrogen-bond acceptors (Lipinski definition) is 2. The summed E-state index contributed by atoms with van der Waals surface area (Å²) in [5.41, 5.74) is 2.60. The summed E-state index contributed by atoms with van der Waals surface area (Å²) in [4.78, 5) is 12.2. The van der Waals surface area contributed by atoms with Gasteiger partial charge in [-0.15, -0.1) is 0 Å². The van der Waals surface area contributed by atoms with Crippen molar-refractivity contribution in [1.29, 1.82) is 0 Å². The van der Waals surface area contributed by atoms with Crippen LogP contribution in [0.1, 0.15) is 30.9 Å². The monoisotopic (exact) mass is 319 g/mol. The van der Waals surface area contributed by atoms with Gasteiger partial charge in [0.2, 0.25) is 5.91 Å². The van der Waals surface area contributed by atoms with Crippen molar-refractivity contribution in [2.24, 2.45) is 0 Å². The van der Waals surface area contributed by atoms with Crippen LogP contribution in [0.15, 0.2) is 48.5 Å². The molecule has 0 saturated carbocycles. The van der Waals surface area contributed by atoms with Gasteiger partial charge in [0.25, 0.3) is 0 Å². The van der Waals surface area contributed by atoms with E-state index < -0.39 is 6.61 Å². The molecule has 0 heterocycles. The van der Waals surface area contributed by atoms with Crippen molar-refractivity contribution in [3.63, 3.8) is 0 Å². The Morgan fingerprint density at radius 2 is 1.74 bits per heavy atom. The first-order valence-corrected chi connectivity index (χ1v) is 7.38. The highest BCUT2D eigenvalue weighted by molar-refractivity contribution is 5.93. The van der Waals surface area contributed by atoms with Crippen LogP contribution in [0, 0.1) is 0 Å². The van der Waals surface area contributed by atoms with Gasteiger partial charge in [-0.3, -0.25) is 4.79 Å². The summed E-state index contributed by atoms with van der Waals surface area (Å²) >= 11 is 0. The number of rotatable bonds is 6. The molecule has 0 fully saturated rings. The zero-order chi connectivity index (χ0) is 16.8. The summed E-state index contributed by atoms with van der Waals surface area (Å²) < 4.78 is 28.5. The molecule has 0 atom stereocenters. The van der Waals surface area contributed by atoms with Crippen molar-refractivity contribution in [3.05, 3.63) is 59.7 Å². The molecule has 2 rings (SSSR count). The van der Waals surface area contributed by atoms with Gasteiger partial charge in [-0.2, -0.15) is 8.78 Å². The highest BCUT2D eigenvalue weighted by Crippen LogP contribution is 2.24. The number of alkyl halides is 2. The molecule has 2 aromatic rings. The second kappa shape index (κ2) is 7.72. The molecule has 0 aliphatic carbocycles. The van der Waals surface area contributed by atoms with E-state index in [4.69, 9.17) is 0 Å². The molecule has 3 nitrogen and oxygen atoms in total. The number of ether oxygens (including phenoxy) is 1. The molecule has 0 aromatic heterocycles. The summed E-state index contributed by atoms with van der Waals surface area (Å²) in [6.07, 6.45) is 0.168. The number of hydrogen-bond donors (Lipinski definition) is 1. The summed E-state index contributed by atoms with van der Waals surface area (Å²) in [7, 11) is 0. The molecule has 0 spiro atoms. The van der Waals surface area contributed by atoms with Gasteiger partial charge >= 0.3 is 6.61 Å². The van der Waals surface area contributed by atoms with Gasteiger partial charge in [-0.05, 0) is 35.2 Å². The molecule has 0 saturated heterocycles. The first-order chi connectivity index (χ1) is 11.0. The number of benzene rings is 2. The molecular formula is C18H19F2NO2. The first-order valence-electron chi connectivity index (χ1n) is 7.38. The Labute approximate surface area is 134 Å². The Balaban J connectivity index is 2.00. The Hall–Kier alpha value is -2.43. The molecule has 0 aliphatic rings. The van der Waals surface area contributed by atoms with Gasteiger partial charge in [-0.25, -0.2) is 0 Å². The zero-order valence-corrected chi connectivity index (χ0v) is 13.1. The summed E-state index contributed by atoms with van der Waals surface area (Å²) in [6, 6.07) is 13.7. The van der Waals surface area contributed by atoms with E-state index in [0.717, 1.165) is 16.8 Å². The Morgan fingerprint density at radius 1 is 1.09 bits per heavy atom. The quantitative estimate of drug-likeness (QED) is 0.845. The highest BCUT2D eigenvalue weighted by atomic mass is 19.3. The number of nitrogens with one attached hydrogen (secondary N) is 1. The van der Waals surface area contributed by atoms with E-state index >= 15 is 0 Å². The van der Waals surface area contributed by atoms with Crippen LogP contribution in [0.2, 0.25) is 0 Å². The van der Waals surface area contributed by atoms with Gasteiger partial charge in [0, 0.05) is 5.69 Å². The normalized spacial score (nSPS) is 10.9. The zero-order valence-electron chi connectivity index (χ0n) is 13.1. The van der Waals surface area contributed by atoms with Gasteiger partial charge in [0.1, 0.15) is 5.75 Å². The van der Waals surface area contributed by atoms with E-state index in [1.807, 2.05) is 24.3 Å². The minimum absolute atomic E-state index is 0.0781. The first kappa shape index (κ1) is 16.9. The van der Waals surface area contributed by atoms with Gasteiger partial charge in [0.05, 0.1) is 6.42 Å². The van der Waals surface area contributed by atoms with E-state index in [1.165, 1.54) is 12.1 Å². The van der Waals surface area contributed by atoms with Crippen molar-refractivity contribution >= 4 is 11.6 Å². The standard InChI is InChI=1S/C18H19F2NO2/c1-12(2)15-5-3-4-6-16(15)21-17(22)11-13-7-9-14(10-8-13)23-18(19)20/h3-10,12,18H,11H2,1-2H3,(H,21,22). The van der Waals surface area contributed by atoms with Gasteiger partial charge in [0.15, 0.2) is 0 Å². The number of carbonyl (C=O) groups excluding carboxylic acids is 1. The largest absolute Gasteiger partial charge is 0.435 e. The van der Waals surface area contributed by atoms with E-state index in [-0.39, 0.29) is 18.1 Å². The third kappa shape index (κ3) is 5.06. The predicted octanol–water partition coefficient (Wildman–Crippen LogP) is 4.59. The lowest BCUT2D eigenvalue weighted by Gasteiger charge is -2.13. The number of halogens is 2. The van der Waals surface area contributed by atoms with E-state index in [0.29, 0.717) is 5.92 Å². The Bertz CT molecular complexity index is 654. The maximum Gasteiger partial charge on any atom is 0.387 e. The minimum atomic E-state index is -2.85. The van der Waals surface area contributed by atoms with Crippen LogP contribution < -0.4 is 10.1 Å². The van der Waals surface area contributed by atoms with Crippen LogP contribution >= 0.6 is 0 Å². The molecule has 0 aliphatic heterocycles. The summed E-state index contributed by atoms with van der Waals surface area (Å²) in [6.45, 7) is 1.27. The molecule has 0 radical (unpaired) electrons. The third-order valence-corrected chi connectivity index (χ3v) is 3.37. The fourth-order valence-electron chi connectivity index (χ4n) is 2.28. The van der Waals surface area contributed by atoms with Crippen LogP contribution in [-0.2, 0) is 11.2 Å². The number of carbonyl (C=O) groups is 1. The van der Waals surface area contributed by atoms with Crippen LogP contribution in [0.3, 0.4) is 0 Å². The second-order valence-corrected chi connectivity index (χ2v) is 5.49. The van der Waals surface area contributed by atoms with Crippen LogP contribution in [0.5, 0.6) is 5.75 Å². The molecule has 1 amide bonds. The molecule has 2 aromatic carbocycles. The molecule has 1 N–H and O–H groups in total. The molecule has 5 heteroatoms. The molecule has 0 unspecified atom stereocenters. The molecular weight excluding hydrogens is 300 g/mol. The predicted molar refractivity (Wildman–Crippen MR) is 85.9 cm³/mol. The second-order valence-electron chi connectivity index (χ2n) is 5.49. The average Bonchev–Trinajstić information content (AvgIpc) is 2.49. The lowest BCUT2D eigenvalue weighted by atomic mass is 10.0. The fraction of sp³-hybridized carbons (Fsp3) is 0.278. The summed E-state index contributed by atoms with van der Waals surface area (Å²) in [5.74, 6) is 0.229. The van der Waals surface area contributed by atoms with Crippen LogP contribution in [-0.4, -0.2) is 12.5 Å². The van der Waals surface area contributed by atoms with E-state index in [9.17, 15) is 13.6 Å². The van der Waals surface area contributed by atoms with Crippen molar-refractivity contribution in [3.8, 4) is 5.75 Å². The van der Waals surface area contributed by atoms with Crippen molar-refractivity contribution in [2.75, 3.05) is 5.32 Å². The van der Waals surface area contributed by atoms with Crippen molar-refractivity contribution < 1.29 is 18.3 Å². The third-order valence-electron chi connectivity index (χ3n) is 3.37. The van der Waals surface area contributed by atoms with Gasteiger partial charge in [-0.1, -0.05) is 44.2 Å². The lowest BCUT2D eigenvalue weighted by Crippen LogP contribution is -2.15. The van der Waals surface area contributed by atoms with Gasteiger partial charge < -0.3 is 10.1 Å². The van der Waals surface area contributed by atoms with Crippen molar-refractivity contribution in [1.82, 2.24) is 0 Å². The van der Waals surface area contributed by atoms with E-state index in [2.05, 4.69) is 23.9 Å². The van der Waals surface area contributed by atoms with Crippen LogP contribution in [0.4, 0.5) is 14.5 Å². The number of anilines is 1. The van der Waals surface area contributed by atoms with Crippen molar-refractivity contribution in [2.45, 2.75) is 32.8 Å². The SMILES string of the molecule is CC(C)c1ccccc1NC(=O)Cc1ccc(OC(F)F)cc1.